The van der Waals surface area contributed by atoms with Crippen molar-refractivity contribution < 1.29 is 4.79 Å². The smallest absolute Gasteiger partial charge is 0.240 e. The standard InChI is InChI=1S/C14H26N2O/c1-3-15-12-8-7-11-16(13(12)17)14(2)9-5-4-6-10-14/h12,15H,3-11H2,1-2H3. The Balaban J connectivity index is 2.06. The monoisotopic (exact) mass is 238 g/mol. The van der Waals surface area contributed by atoms with Gasteiger partial charge < -0.3 is 10.2 Å². The van der Waals surface area contributed by atoms with Gasteiger partial charge in [0.25, 0.3) is 0 Å². The Bertz CT molecular complexity index is 269. The van der Waals surface area contributed by atoms with Crippen LogP contribution in [0.4, 0.5) is 0 Å². The largest absolute Gasteiger partial charge is 0.336 e. The molecule has 1 aliphatic heterocycles. The van der Waals surface area contributed by atoms with Crippen LogP contribution in [0.3, 0.4) is 0 Å². The molecular weight excluding hydrogens is 212 g/mol. The number of nitrogens with zero attached hydrogens (tertiary/aromatic N) is 1. The Morgan fingerprint density at radius 1 is 1.29 bits per heavy atom. The van der Waals surface area contributed by atoms with E-state index in [4.69, 9.17) is 0 Å². The summed E-state index contributed by atoms with van der Waals surface area (Å²) in [5, 5.41) is 3.33. The number of likely N-dealkylation sites (N-methyl/N-ethyl adjacent to an activating group) is 1. The normalized spacial score (nSPS) is 29.4. The van der Waals surface area contributed by atoms with Crippen LogP contribution >= 0.6 is 0 Å². The Kier molecular flexibility index (Phi) is 4.08. The highest BCUT2D eigenvalue weighted by molar-refractivity contribution is 5.83. The minimum Gasteiger partial charge on any atom is -0.336 e. The van der Waals surface area contributed by atoms with Crippen molar-refractivity contribution >= 4 is 5.91 Å². The van der Waals surface area contributed by atoms with Crippen molar-refractivity contribution in [1.82, 2.24) is 10.2 Å². The summed E-state index contributed by atoms with van der Waals surface area (Å²) in [7, 11) is 0. The molecule has 2 rings (SSSR count). The fraction of sp³-hybridized carbons (Fsp3) is 0.929. The highest BCUT2D eigenvalue weighted by atomic mass is 16.2. The molecule has 1 unspecified atom stereocenters. The first-order chi connectivity index (χ1) is 8.17. The first kappa shape index (κ1) is 12.9. The van der Waals surface area contributed by atoms with Gasteiger partial charge in [-0.2, -0.15) is 0 Å². The van der Waals surface area contributed by atoms with E-state index in [1.165, 1.54) is 32.1 Å². The summed E-state index contributed by atoms with van der Waals surface area (Å²) in [5.74, 6) is 0.350. The summed E-state index contributed by atoms with van der Waals surface area (Å²) >= 11 is 0. The summed E-state index contributed by atoms with van der Waals surface area (Å²) in [6, 6.07) is 0.0764. The van der Waals surface area contributed by atoms with E-state index in [2.05, 4.69) is 24.1 Å². The van der Waals surface area contributed by atoms with Gasteiger partial charge in [-0.3, -0.25) is 4.79 Å². The molecule has 0 spiro atoms. The minimum absolute atomic E-state index is 0.0764. The number of amides is 1. The van der Waals surface area contributed by atoms with Crippen molar-refractivity contribution in [3.8, 4) is 0 Å². The number of nitrogens with one attached hydrogen (secondary N) is 1. The molecule has 2 fully saturated rings. The lowest BCUT2D eigenvalue weighted by molar-refractivity contribution is -0.144. The maximum atomic E-state index is 12.5. The molecule has 1 amide bonds. The number of hydrogen-bond donors (Lipinski definition) is 1. The molecule has 3 nitrogen and oxygen atoms in total. The molecule has 1 heterocycles. The van der Waals surface area contributed by atoms with Gasteiger partial charge in [0.2, 0.25) is 5.91 Å². The molecule has 1 N–H and O–H groups in total. The third-order valence-corrected chi connectivity index (χ3v) is 4.47. The lowest BCUT2D eigenvalue weighted by Gasteiger charge is -2.47. The van der Waals surface area contributed by atoms with Crippen LogP contribution in [0.15, 0.2) is 0 Å². The van der Waals surface area contributed by atoms with Crippen LogP contribution < -0.4 is 5.32 Å². The summed E-state index contributed by atoms with van der Waals surface area (Å²) < 4.78 is 0. The van der Waals surface area contributed by atoms with E-state index in [0.717, 1.165) is 25.9 Å². The third kappa shape index (κ3) is 2.65. The first-order valence-electron chi connectivity index (χ1n) is 7.22. The van der Waals surface area contributed by atoms with Gasteiger partial charge in [0.15, 0.2) is 0 Å². The molecule has 1 saturated carbocycles. The lowest BCUT2D eigenvalue weighted by Crippen LogP contribution is -2.59. The molecule has 0 aromatic carbocycles. The molecule has 0 aromatic rings. The topological polar surface area (TPSA) is 32.3 Å². The lowest BCUT2D eigenvalue weighted by atomic mass is 9.80. The van der Waals surface area contributed by atoms with Gasteiger partial charge in [0, 0.05) is 12.1 Å². The molecule has 1 saturated heterocycles. The molecule has 17 heavy (non-hydrogen) atoms. The van der Waals surface area contributed by atoms with Crippen molar-refractivity contribution in [3.63, 3.8) is 0 Å². The fourth-order valence-corrected chi connectivity index (χ4v) is 3.43. The predicted molar refractivity (Wildman–Crippen MR) is 69.9 cm³/mol. The van der Waals surface area contributed by atoms with Crippen molar-refractivity contribution in [2.75, 3.05) is 13.1 Å². The van der Waals surface area contributed by atoms with Gasteiger partial charge in [0.05, 0.1) is 6.04 Å². The summed E-state index contributed by atoms with van der Waals surface area (Å²) in [6.45, 7) is 6.23. The van der Waals surface area contributed by atoms with Crippen molar-refractivity contribution in [1.29, 1.82) is 0 Å². The highest BCUT2D eigenvalue weighted by Crippen LogP contribution is 2.35. The van der Waals surface area contributed by atoms with Crippen LogP contribution in [0.2, 0.25) is 0 Å². The fourth-order valence-electron chi connectivity index (χ4n) is 3.43. The SMILES string of the molecule is CCNC1CCCN(C2(C)CCCCC2)C1=O. The molecule has 1 atom stereocenters. The molecule has 3 heteroatoms. The number of carbonyl (C=O) groups is 1. The average Bonchev–Trinajstić information content (AvgIpc) is 2.33. The average molecular weight is 238 g/mol. The Morgan fingerprint density at radius 3 is 2.65 bits per heavy atom. The summed E-state index contributed by atoms with van der Waals surface area (Å²) in [4.78, 5) is 14.7. The van der Waals surface area contributed by atoms with Gasteiger partial charge in [-0.15, -0.1) is 0 Å². The van der Waals surface area contributed by atoms with Crippen LogP contribution in [0.25, 0.3) is 0 Å². The highest BCUT2D eigenvalue weighted by Gasteiger charge is 2.40. The van der Waals surface area contributed by atoms with Gasteiger partial charge >= 0.3 is 0 Å². The molecule has 0 aromatic heterocycles. The maximum absolute atomic E-state index is 12.5. The molecule has 98 valence electrons. The van der Waals surface area contributed by atoms with E-state index in [-0.39, 0.29) is 11.6 Å². The zero-order chi connectivity index (χ0) is 12.3. The zero-order valence-corrected chi connectivity index (χ0v) is 11.3. The van der Waals surface area contributed by atoms with Crippen LogP contribution in [-0.4, -0.2) is 35.5 Å². The van der Waals surface area contributed by atoms with Crippen LogP contribution in [0.5, 0.6) is 0 Å². The quantitative estimate of drug-likeness (QED) is 0.818. The second kappa shape index (κ2) is 5.38. The molecule has 0 bridgehead atoms. The Hall–Kier alpha value is -0.570. The van der Waals surface area contributed by atoms with Crippen LogP contribution in [0.1, 0.15) is 58.8 Å². The Labute approximate surface area is 105 Å². The van der Waals surface area contributed by atoms with E-state index >= 15 is 0 Å². The number of carbonyl (C=O) groups excluding carboxylic acids is 1. The summed E-state index contributed by atoms with van der Waals surface area (Å²) in [5.41, 5.74) is 0.142. The predicted octanol–water partition coefficient (Wildman–Crippen LogP) is 2.31. The van der Waals surface area contributed by atoms with Crippen molar-refractivity contribution in [3.05, 3.63) is 0 Å². The van der Waals surface area contributed by atoms with E-state index < -0.39 is 0 Å². The molecule has 0 radical (unpaired) electrons. The molecular formula is C14H26N2O. The molecule has 1 aliphatic carbocycles. The number of hydrogen-bond acceptors (Lipinski definition) is 2. The second-order valence-electron chi connectivity index (χ2n) is 5.80. The first-order valence-corrected chi connectivity index (χ1v) is 7.22. The van der Waals surface area contributed by atoms with Gasteiger partial charge in [0.1, 0.15) is 0 Å². The van der Waals surface area contributed by atoms with Crippen LogP contribution in [-0.2, 0) is 4.79 Å². The van der Waals surface area contributed by atoms with Crippen molar-refractivity contribution in [2.45, 2.75) is 70.4 Å². The van der Waals surface area contributed by atoms with Gasteiger partial charge in [-0.1, -0.05) is 26.2 Å². The number of rotatable bonds is 3. The van der Waals surface area contributed by atoms with E-state index in [0.29, 0.717) is 5.91 Å². The Morgan fingerprint density at radius 2 is 2.00 bits per heavy atom. The van der Waals surface area contributed by atoms with Gasteiger partial charge in [-0.05, 0) is 39.2 Å². The maximum Gasteiger partial charge on any atom is 0.240 e. The van der Waals surface area contributed by atoms with Gasteiger partial charge in [-0.25, -0.2) is 0 Å². The van der Waals surface area contributed by atoms with E-state index in [9.17, 15) is 4.79 Å². The third-order valence-electron chi connectivity index (χ3n) is 4.47. The molecule has 2 aliphatic rings. The van der Waals surface area contributed by atoms with E-state index in [1.807, 2.05) is 0 Å². The van der Waals surface area contributed by atoms with Crippen LogP contribution in [0, 0.1) is 0 Å². The number of likely N-dealkylation sites (tertiary alicyclic amines) is 1. The zero-order valence-electron chi connectivity index (χ0n) is 11.3. The van der Waals surface area contributed by atoms with E-state index in [1.54, 1.807) is 0 Å². The number of piperidine rings is 1. The summed E-state index contributed by atoms with van der Waals surface area (Å²) in [6.07, 6.45) is 8.46. The second-order valence-corrected chi connectivity index (χ2v) is 5.80. The van der Waals surface area contributed by atoms with Crippen molar-refractivity contribution in [2.24, 2.45) is 0 Å². The minimum atomic E-state index is 0.0764.